The molecule has 9 heteroatoms. The van der Waals surface area contributed by atoms with Gasteiger partial charge in [-0.2, -0.15) is 13.2 Å². The monoisotopic (exact) mass is 409 g/mol. The molecule has 0 amide bonds. The Morgan fingerprint density at radius 1 is 1.31 bits per heavy atom. The smallest absolute Gasteiger partial charge is 0.416 e. The fraction of sp³-hybridized carbons (Fsp3) is 0.400. The maximum Gasteiger partial charge on any atom is 0.416 e. The SMILES string of the molecule is Cc1cc(C(F)(F)F)cc(O)c1-c1ccc(C=NC23COC(CF)(C2)C3)c(N)n1. The molecule has 1 saturated carbocycles. The quantitative estimate of drug-likeness (QED) is 0.590. The number of ether oxygens (including phenoxy) is 1. The predicted molar refractivity (Wildman–Crippen MR) is 99.7 cm³/mol. The number of pyridine rings is 1. The van der Waals surface area contributed by atoms with Crippen LogP contribution in [0.3, 0.4) is 0 Å². The summed E-state index contributed by atoms with van der Waals surface area (Å²) in [5, 5.41) is 10.1. The topological polar surface area (TPSA) is 80.7 Å². The molecule has 3 heterocycles. The summed E-state index contributed by atoms with van der Waals surface area (Å²) in [4.78, 5) is 8.73. The highest BCUT2D eigenvalue weighted by atomic mass is 19.4. The molecule has 0 spiro atoms. The second kappa shape index (κ2) is 6.41. The van der Waals surface area contributed by atoms with Crippen LogP contribution >= 0.6 is 0 Å². The van der Waals surface area contributed by atoms with Crippen molar-refractivity contribution in [1.29, 1.82) is 0 Å². The van der Waals surface area contributed by atoms with Crippen molar-refractivity contribution in [2.75, 3.05) is 19.0 Å². The summed E-state index contributed by atoms with van der Waals surface area (Å²) in [5.41, 5.74) is 5.13. The Labute approximate surface area is 164 Å². The lowest BCUT2D eigenvalue weighted by molar-refractivity contribution is -0.137. The third kappa shape index (κ3) is 3.33. The highest BCUT2D eigenvalue weighted by Crippen LogP contribution is 2.54. The number of phenols is 1. The van der Waals surface area contributed by atoms with Crippen molar-refractivity contribution in [1.82, 2.24) is 4.98 Å². The van der Waals surface area contributed by atoms with Crippen LogP contribution in [0, 0.1) is 6.92 Å². The summed E-state index contributed by atoms with van der Waals surface area (Å²) in [6.07, 6.45) is -1.95. The number of aliphatic imine (C=N–C) groups is 1. The first-order chi connectivity index (χ1) is 13.6. The summed E-state index contributed by atoms with van der Waals surface area (Å²) >= 11 is 0. The number of hydrogen-bond acceptors (Lipinski definition) is 5. The average Bonchev–Trinajstić information content (AvgIpc) is 3.16. The number of alkyl halides is 4. The molecule has 1 aromatic carbocycles. The van der Waals surface area contributed by atoms with Crippen molar-refractivity contribution in [2.24, 2.45) is 4.99 Å². The Kier molecular flexibility index (Phi) is 4.34. The van der Waals surface area contributed by atoms with Gasteiger partial charge in [-0.3, -0.25) is 4.99 Å². The lowest BCUT2D eigenvalue weighted by atomic mass is 9.69. The van der Waals surface area contributed by atoms with Crippen LogP contribution < -0.4 is 5.73 Å². The van der Waals surface area contributed by atoms with E-state index in [1.54, 1.807) is 18.3 Å². The molecule has 3 N–H and O–H groups in total. The van der Waals surface area contributed by atoms with Crippen molar-refractivity contribution in [2.45, 2.75) is 37.1 Å². The van der Waals surface area contributed by atoms with Crippen LogP contribution in [0.15, 0.2) is 29.3 Å². The zero-order valence-electron chi connectivity index (χ0n) is 15.6. The van der Waals surface area contributed by atoms with Crippen LogP contribution in [0.1, 0.15) is 29.5 Å². The molecule has 0 radical (unpaired) electrons. The van der Waals surface area contributed by atoms with E-state index in [9.17, 15) is 22.7 Å². The summed E-state index contributed by atoms with van der Waals surface area (Å²) in [6.45, 7) is 1.29. The van der Waals surface area contributed by atoms with Gasteiger partial charge in [0.25, 0.3) is 0 Å². The molecular weight excluding hydrogens is 390 g/mol. The number of fused-ring (bicyclic) bond motifs is 1. The maximum absolute atomic E-state index is 13.0. The molecule has 1 aromatic heterocycles. The first-order valence-electron chi connectivity index (χ1n) is 8.99. The van der Waals surface area contributed by atoms with Gasteiger partial charge in [-0.15, -0.1) is 0 Å². The normalized spacial score (nSPS) is 26.1. The van der Waals surface area contributed by atoms with Crippen molar-refractivity contribution in [3.8, 4) is 17.0 Å². The van der Waals surface area contributed by atoms with E-state index in [1.807, 2.05) is 0 Å². The standard InChI is InChI=1S/C20H19F4N3O2/c1-11-4-13(20(22,23)24)5-15(28)16(11)14-3-2-12(17(25)27-14)6-26-18-7-19(8-18,9-21)29-10-18/h2-6,28H,7-10H2,1H3,(H2,25,27). The molecular formula is C20H19F4N3O2. The van der Waals surface area contributed by atoms with Crippen LogP contribution in [0.4, 0.5) is 23.4 Å². The number of aromatic hydroxyl groups is 1. The van der Waals surface area contributed by atoms with Gasteiger partial charge in [0, 0.05) is 30.2 Å². The molecule has 2 saturated heterocycles. The minimum atomic E-state index is -4.56. The summed E-state index contributed by atoms with van der Waals surface area (Å²) in [5.74, 6) is -0.402. The number of nitrogen functional groups attached to an aromatic ring is 1. The fourth-order valence-corrected chi connectivity index (χ4v) is 4.11. The summed E-state index contributed by atoms with van der Waals surface area (Å²) < 4.78 is 57.2. The molecule has 29 heavy (non-hydrogen) atoms. The minimum absolute atomic E-state index is 0.122. The van der Waals surface area contributed by atoms with Crippen LogP contribution in [-0.2, 0) is 10.9 Å². The Morgan fingerprint density at radius 3 is 2.59 bits per heavy atom. The molecule has 3 fully saturated rings. The molecule has 0 atom stereocenters. The van der Waals surface area contributed by atoms with Gasteiger partial charge < -0.3 is 15.6 Å². The highest BCUT2D eigenvalue weighted by molar-refractivity contribution is 5.87. The number of rotatable bonds is 4. The Morgan fingerprint density at radius 2 is 2.03 bits per heavy atom. The van der Waals surface area contributed by atoms with Crippen LogP contribution in [0.5, 0.6) is 5.75 Å². The highest BCUT2D eigenvalue weighted by Gasteiger charge is 2.62. The minimum Gasteiger partial charge on any atom is -0.507 e. The number of nitrogens with zero attached hydrogens (tertiary/aromatic N) is 2. The molecule has 3 aliphatic rings. The fourth-order valence-electron chi connectivity index (χ4n) is 4.11. The molecule has 0 unspecified atom stereocenters. The summed E-state index contributed by atoms with van der Waals surface area (Å²) in [6, 6.07) is 4.81. The van der Waals surface area contributed by atoms with E-state index in [0.717, 1.165) is 6.07 Å². The van der Waals surface area contributed by atoms with E-state index in [4.69, 9.17) is 10.5 Å². The first kappa shape index (κ1) is 19.6. The average molecular weight is 409 g/mol. The zero-order chi connectivity index (χ0) is 21.0. The first-order valence-corrected chi connectivity index (χ1v) is 8.99. The van der Waals surface area contributed by atoms with Crippen molar-refractivity contribution in [3.05, 3.63) is 41.0 Å². The Hall–Kier alpha value is -2.68. The number of halogens is 4. The van der Waals surface area contributed by atoms with Crippen molar-refractivity contribution >= 4 is 12.0 Å². The maximum atomic E-state index is 13.0. The van der Waals surface area contributed by atoms with Gasteiger partial charge in [-0.05, 0) is 36.8 Å². The third-order valence-corrected chi connectivity index (χ3v) is 5.53. The van der Waals surface area contributed by atoms with Gasteiger partial charge in [0.1, 0.15) is 23.8 Å². The van der Waals surface area contributed by atoms with Crippen LogP contribution in [0.2, 0.25) is 0 Å². The lowest BCUT2D eigenvalue weighted by Crippen LogP contribution is -2.49. The van der Waals surface area contributed by atoms with Crippen LogP contribution in [-0.4, -0.2) is 40.7 Å². The van der Waals surface area contributed by atoms with Gasteiger partial charge in [0.05, 0.1) is 23.4 Å². The molecule has 154 valence electrons. The largest absolute Gasteiger partial charge is 0.507 e. The number of hydrogen-bond donors (Lipinski definition) is 2. The van der Waals surface area contributed by atoms with Crippen molar-refractivity contribution in [3.63, 3.8) is 0 Å². The van der Waals surface area contributed by atoms with E-state index >= 15 is 0 Å². The molecule has 1 aliphatic carbocycles. The molecule has 2 aliphatic heterocycles. The van der Waals surface area contributed by atoms with Gasteiger partial charge >= 0.3 is 6.18 Å². The van der Waals surface area contributed by atoms with E-state index in [2.05, 4.69) is 9.98 Å². The number of aryl methyl sites for hydroxylation is 1. The molecule has 2 aromatic rings. The second-order valence-electron chi connectivity index (χ2n) is 7.80. The summed E-state index contributed by atoms with van der Waals surface area (Å²) in [7, 11) is 0. The predicted octanol–water partition coefficient (Wildman–Crippen LogP) is 4.05. The van der Waals surface area contributed by atoms with Gasteiger partial charge in [0.15, 0.2) is 0 Å². The lowest BCUT2D eigenvalue weighted by Gasteiger charge is -2.39. The van der Waals surface area contributed by atoms with Crippen molar-refractivity contribution < 1.29 is 27.4 Å². The van der Waals surface area contributed by atoms with Gasteiger partial charge in [-0.25, -0.2) is 9.37 Å². The Bertz CT molecular complexity index is 975. The van der Waals surface area contributed by atoms with Crippen LogP contribution in [0.25, 0.3) is 11.3 Å². The molecule has 2 bridgehead atoms. The third-order valence-electron chi connectivity index (χ3n) is 5.53. The van der Waals surface area contributed by atoms with Gasteiger partial charge in [0.2, 0.25) is 0 Å². The Balaban J connectivity index is 1.59. The number of phenolic OH excluding ortho intramolecular Hbond substituents is 1. The number of nitrogens with two attached hydrogens (primary N) is 1. The van der Waals surface area contributed by atoms with E-state index in [1.165, 1.54) is 6.92 Å². The van der Waals surface area contributed by atoms with E-state index in [-0.39, 0.29) is 22.6 Å². The molecule has 5 nitrogen and oxygen atoms in total. The number of benzene rings is 1. The van der Waals surface area contributed by atoms with Gasteiger partial charge in [-0.1, -0.05) is 0 Å². The number of aromatic nitrogens is 1. The zero-order valence-corrected chi connectivity index (χ0v) is 15.6. The van der Waals surface area contributed by atoms with E-state index < -0.39 is 35.3 Å². The van der Waals surface area contributed by atoms with E-state index in [0.29, 0.717) is 31.1 Å². The molecule has 5 rings (SSSR count). The second-order valence-corrected chi connectivity index (χ2v) is 7.80. The number of anilines is 1.